The lowest BCUT2D eigenvalue weighted by atomic mass is 9.77. The lowest BCUT2D eigenvalue weighted by molar-refractivity contribution is -0.157. The average Bonchev–Trinajstić information content (AvgIpc) is 2.43. The fraction of sp³-hybridized carbons (Fsp3) is 0.833. The number of ether oxygens (including phenoxy) is 1. The summed E-state index contributed by atoms with van der Waals surface area (Å²) in [5.41, 5.74) is -1.09. The average molecular weight is 272 g/mol. The molecule has 19 heavy (non-hydrogen) atoms. The second kappa shape index (κ2) is 5.50. The first kappa shape index (κ1) is 16.0. The van der Waals surface area contributed by atoms with Gasteiger partial charge in [-0.3, -0.25) is 9.59 Å². The Labute approximate surface area is 113 Å². The van der Waals surface area contributed by atoms with Crippen LogP contribution in [0.25, 0.3) is 0 Å². The summed E-state index contributed by atoms with van der Waals surface area (Å²) in [6.45, 7) is 9.25. The first-order valence-corrected chi connectivity index (χ1v) is 6.36. The van der Waals surface area contributed by atoms with Crippen LogP contribution in [-0.2, 0) is 23.6 Å². The third-order valence-electron chi connectivity index (χ3n) is 3.60. The summed E-state index contributed by atoms with van der Waals surface area (Å²) in [4.78, 5) is 22.7. The van der Waals surface area contributed by atoms with Crippen LogP contribution in [0.3, 0.4) is 0 Å². The van der Waals surface area contributed by atoms with Crippen molar-refractivity contribution in [2.45, 2.75) is 52.1 Å². The van der Waals surface area contributed by atoms with Crippen LogP contribution in [0.2, 0.25) is 6.32 Å². The number of hydrogen-bond acceptors (Lipinski definition) is 5. The highest BCUT2D eigenvalue weighted by atomic mass is 16.7. The maximum atomic E-state index is 11.6. The highest BCUT2D eigenvalue weighted by Gasteiger charge is 2.52. The molecule has 0 radical (unpaired) electrons. The number of carbonyl (C=O) groups excluding carboxylic acids is 1. The van der Waals surface area contributed by atoms with E-state index in [0.29, 0.717) is 0 Å². The molecular weight excluding hydrogens is 251 g/mol. The molecular formula is C12H21BO6. The molecule has 0 aromatic carbocycles. The van der Waals surface area contributed by atoms with Gasteiger partial charge in [0.15, 0.2) is 5.92 Å². The Bertz CT molecular complexity index is 349. The minimum atomic E-state index is -1.27. The maximum absolute atomic E-state index is 11.6. The Balaban J connectivity index is 2.73. The van der Waals surface area contributed by atoms with Crippen molar-refractivity contribution in [3.05, 3.63) is 0 Å². The highest BCUT2D eigenvalue weighted by Crippen LogP contribution is 2.38. The molecule has 0 aromatic rings. The fourth-order valence-corrected chi connectivity index (χ4v) is 1.79. The van der Waals surface area contributed by atoms with E-state index in [0.717, 1.165) is 0 Å². The molecule has 6 nitrogen and oxygen atoms in total. The lowest BCUT2D eigenvalue weighted by Crippen LogP contribution is -2.41. The Morgan fingerprint density at radius 3 is 2.05 bits per heavy atom. The van der Waals surface area contributed by atoms with Gasteiger partial charge in [0.2, 0.25) is 0 Å². The fourth-order valence-electron chi connectivity index (χ4n) is 1.79. The van der Waals surface area contributed by atoms with Crippen molar-refractivity contribution in [1.82, 2.24) is 0 Å². The smallest absolute Gasteiger partial charge is 0.459 e. The van der Waals surface area contributed by atoms with Crippen molar-refractivity contribution in [2.75, 3.05) is 6.61 Å². The highest BCUT2D eigenvalue weighted by molar-refractivity contribution is 6.46. The number of carboxylic acid groups (broad SMARTS) is 1. The molecule has 1 unspecified atom stereocenters. The molecule has 1 atom stereocenters. The summed E-state index contributed by atoms with van der Waals surface area (Å²) in [6, 6.07) is 0. The molecule has 1 fully saturated rings. The summed E-state index contributed by atoms with van der Waals surface area (Å²) in [6.07, 6.45) is -0.0545. The number of esters is 1. The van der Waals surface area contributed by atoms with Gasteiger partial charge in [0.1, 0.15) is 0 Å². The second-order valence-electron chi connectivity index (χ2n) is 5.56. The Morgan fingerprint density at radius 2 is 1.68 bits per heavy atom. The maximum Gasteiger partial charge on any atom is 0.459 e. The number of carbonyl (C=O) groups is 2. The molecule has 0 bridgehead atoms. The van der Waals surface area contributed by atoms with Gasteiger partial charge in [-0.2, -0.15) is 0 Å². The van der Waals surface area contributed by atoms with Crippen LogP contribution in [0.15, 0.2) is 0 Å². The zero-order chi connectivity index (χ0) is 14.8. The molecule has 1 saturated heterocycles. The molecule has 1 N–H and O–H groups in total. The molecule has 0 saturated carbocycles. The van der Waals surface area contributed by atoms with Gasteiger partial charge in [-0.05, 0) is 34.6 Å². The second-order valence-corrected chi connectivity index (χ2v) is 5.56. The zero-order valence-corrected chi connectivity index (χ0v) is 12.1. The number of rotatable bonds is 5. The normalized spacial score (nSPS) is 22.1. The van der Waals surface area contributed by atoms with E-state index in [2.05, 4.69) is 0 Å². The van der Waals surface area contributed by atoms with Crippen LogP contribution >= 0.6 is 0 Å². The van der Waals surface area contributed by atoms with E-state index in [1.165, 1.54) is 0 Å². The van der Waals surface area contributed by atoms with Crippen LogP contribution in [0.5, 0.6) is 0 Å². The first-order chi connectivity index (χ1) is 8.60. The number of hydrogen-bond donors (Lipinski definition) is 1. The van der Waals surface area contributed by atoms with Gasteiger partial charge in [-0.25, -0.2) is 0 Å². The van der Waals surface area contributed by atoms with E-state index in [9.17, 15) is 9.59 Å². The van der Waals surface area contributed by atoms with Gasteiger partial charge < -0.3 is 19.2 Å². The lowest BCUT2D eigenvalue weighted by Gasteiger charge is -2.32. The predicted molar refractivity (Wildman–Crippen MR) is 68.6 cm³/mol. The van der Waals surface area contributed by atoms with E-state index in [1.807, 2.05) is 27.7 Å². The minimum Gasteiger partial charge on any atom is -0.481 e. The molecule has 1 aliphatic heterocycles. The Kier molecular flexibility index (Phi) is 4.63. The molecule has 0 spiro atoms. The van der Waals surface area contributed by atoms with Crippen LogP contribution < -0.4 is 0 Å². The number of carboxylic acids is 1. The van der Waals surface area contributed by atoms with Crippen LogP contribution in [0.4, 0.5) is 0 Å². The van der Waals surface area contributed by atoms with E-state index in [4.69, 9.17) is 19.2 Å². The van der Waals surface area contributed by atoms with Crippen molar-refractivity contribution < 1.29 is 28.7 Å². The Hall–Kier alpha value is -1.08. The summed E-state index contributed by atoms with van der Waals surface area (Å²) in [5.74, 6) is -3.26. The Morgan fingerprint density at radius 1 is 1.21 bits per heavy atom. The minimum absolute atomic E-state index is 0.0545. The van der Waals surface area contributed by atoms with E-state index in [1.54, 1.807) is 6.92 Å². The molecule has 108 valence electrons. The number of aliphatic carboxylic acids is 1. The predicted octanol–water partition coefficient (Wildman–Crippen LogP) is 1.34. The monoisotopic (exact) mass is 272 g/mol. The van der Waals surface area contributed by atoms with Crippen molar-refractivity contribution >= 4 is 19.1 Å². The quantitative estimate of drug-likeness (QED) is 0.462. The first-order valence-electron chi connectivity index (χ1n) is 6.36. The van der Waals surface area contributed by atoms with Crippen LogP contribution in [0.1, 0.15) is 34.6 Å². The standard InChI is InChI=1S/C12H21BO6/c1-6-17-10(16)8(9(14)15)7-13-18-11(2,3)12(4,5)19-13/h8H,6-7H2,1-5H3,(H,14,15). The van der Waals surface area contributed by atoms with Crippen molar-refractivity contribution in [3.8, 4) is 0 Å². The van der Waals surface area contributed by atoms with Gasteiger partial charge in [0.25, 0.3) is 0 Å². The topological polar surface area (TPSA) is 82.1 Å². The molecule has 1 aliphatic rings. The van der Waals surface area contributed by atoms with Gasteiger partial charge in [-0.1, -0.05) is 0 Å². The van der Waals surface area contributed by atoms with E-state index in [-0.39, 0.29) is 12.9 Å². The summed E-state index contributed by atoms with van der Waals surface area (Å²) < 4.78 is 16.1. The SMILES string of the molecule is CCOC(=O)C(CB1OC(C)(C)C(C)(C)O1)C(=O)O. The zero-order valence-electron chi connectivity index (χ0n) is 12.1. The van der Waals surface area contributed by atoms with Gasteiger partial charge in [0, 0.05) is 6.32 Å². The molecule has 1 rings (SSSR count). The van der Waals surface area contributed by atoms with Crippen LogP contribution in [-0.4, -0.2) is 42.0 Å². The summed E-state index contributed by atoms with van der Waals surface area (Å²) in [7, 11) is -0.726. The third kappa shape index (κ3) is 3.48. The van der Waals surface area contributed by atoms with E-state index < -0.39 is 36.2 Å². The molecule has 1 heterocycles. The largest absolute Gasteiger partial charge is 0.481 e. The van der Waals surface area contributed by atoms with Crippen LogP contribution in [0, 0.1) is 5.92 Å². The van der Waals surface area contributed by atoms with Crippen molar-refractivity contribution in [3.63, 3.8) is 0 Å². The summed E-state index contributed by atoms with van der Waals surface area (Å²) in [5, 5.41) is 9.08. The van der Waals surface area contributed by atoms with Gasteiger partial charge in [-0.15, -0.1) is 0 Å². The molecule has 0 aliphatic carbocycles. The van der Waals surface area contributed by atoms with Gasteiger partial charge in [0.05, 0.1) is 17.8 Å². The van der Waals surface area contributed by atoms with E-state index >= 15 is 0 Å². The van der Waals surface area contributed by atoms with Crippen molar-refractivity contribution in [1.29, 1.82) is 0 Å². The third-order valence-corrected chi connectivity index (χ3v) is 3.60. The van der Waals surface area contributed by atoms with Gasteiger partial charge >= 0.3 is 19.1 Å². The molecule has 0 aromatic heterocycles. The van der Waals surface area contributed by atoms with Crippen molar-refractivity contribution in [2.24, 2.45) is 5.92 Å². The molecule has 0 amide bonds. The molecule has 7 heteroatoms. The summed E-state index contributed by atoms with van der Waals surface area (Å²) >= 11 is 0.